The van der Waals surface area contributed by atoms with Gasteiger partial charge in [0.1, 0.15) is 0 Å². The summed E-state index contributed by atoms with van der Waals surface area (Å²) in [5.74, 6) is 0. The summed E-state index contributed by atoms with van der Waals surface area (Å²) < 4.78 is 29.7. The van der Waals surface area contributed by atoms with Crippen molar-refractivity contribution in [3.63, 3.8) is 0 Å². The first-order valence-electron chi connectivity index (χ1n) is 3.69. The Hall–Kier alpha value is -0.430. The zero-order chi connectivity index (χ0) is 10.9. The first-order valence-corrected chi connectivity index (χ1v) is 5.06. The van der Waals surface area contributed by atoms with Crippen molar-refractivity contribution in [2.24, 2.45) is 0 Å². The minimum atomic E-state index is -4.16. The first-order chi connectivity index (χ1) is 5.87. The molecule has 0 saturated carbocycles. The third kappa shape index (κ3) is 18.5. The van der Waals surface area contributed by atoms with E-state index in [0.29, 0.717) is 0 Å². The Morgan fingerprint density at radius 1 is 1.62 bits per heavy atom. The number of rotatable bonds is 4. The van der Waals surface area contributed by atoms with Crippen LogP contribution in [-0.2, 0) is 14.6 Å². The quantitative estimate of drug-likeness (QED) is 0.543. The fourth-order valence-electron chi connectivity index (χ4n) is 0.349. The van der Waals surface area contributed by atoms with Crippen LogP contribution in [0.5, 0.6) is 0 Å². The third-order valence-corrected chi connectivity index (χ3v) is 1.61. The molecule has 0 aromatic carbocycles. The molecule has 1 N–H and O–H groups in total. The molecule has 0 bridgehead atoms. The summed E-state index contributed by atoms with van der Waals surface area (Å²) in [4.78, 5) is 2.19. The second-order valence-corrected chi connectivity index (χ2v) is 3.43. The number of hydrogen-bond acceptors (Lipinski definition) is 4. The predicted octanol–water partition coefficient (Wildman–Crippen LogP) is 0.560. The standard InChI is InChI=1S/C6H13N.CH4O4S/c1-4-6-7(3)5-2;1-5-6(2,3)4/h4H,1,5-6H2,2-3H3;1H3,(H,2,3,4). The van der Waals surface area contributed by atoms with Gasteiger partial charge in [0.25, 0.3) is 0 Å². The molecule has 0 aliphatic heterocycles. The van der Waals surface area contributed by atoms with E-state index in [9.17, 15) is 8.42 Å². The largest absolute Gasteiger partial charge is 0.397 e. The van der Waals surface area contributed by atoms with Crippen molar-refractivity contribution >= 4 is 10.4 Å². The van der Waals surface area contributed by atoms with E-state index < -0.39 is 10.4 Å². The maximum absolute atomic E-state index is 9.33. The molecule has 0 aromatic heterocycles. The maximum Gasteiger partial charge on any atom is 0.397 e. The Morgan fingerprint density at radius 3 is 2.08 bits per heavy atom. The molecule has 0 heterocycles. The van der Waals surface area contributed by atoms with E-state index in [1.165, 1.54) is 0 Å². The highest BCUT2D eigenvalue weighted by molar-refractivity contribution is 7.80. The van der Waals surface area contributed by atoms with Crippen LogP contribution in [0.25, 0.3) is 0 Å². The van der Waals surface area contributed by atoms with Crippen LogP contribution in [0.4, 0.5) is 0 Å². The average Bonchev–Trinajstić information content (AvgIpc) is 2.05. The Labute approximate surface area is 80.0 Å². The SMILES string of the molecule is C=CCN(C)CC.COS(=O)(=O)O. The molecule has 0 atom stereocenters. The van der Waals surface area contributed by atoms with Gasteiger partial charge in [-0.2, -0.15) is 8.42 Å². The molecule has 0 aromatic rings. The molecule has 0 fully saturated rings. The van der Waals surface area contributed by atoms with Crippen LogP contribution in [0.1, 0.15) is 6.92 Å². The second-order valence-electron chi connectivity index (χ2n) is 2.24. The summed E-state index contributed by atoms with van der Waals surface area (Å²) in [6.07, 6.45) is 1.91. The number of likely N-dealkylation sites (N-methyl/N-ethyl adjacent to an activating group) is 1. The lowest BCUT2D eigenvalue weighted by Crippen LogP contribution is -2.16. The van der Waals surface area contributed by atoms with Crippen LogP contribution >= 0.6 is 0 Å². The van der Waals surface area contributed by atoms with Crippen molar-refractivity contribution in [3.8, 4) is 0 Å². The van der Waals surface area contributed by atoms with Gasteiger partial charge in [0.15, 0.2) is 0 Å². The van der Waals surface area contributed by atoms with Gasteiger partial charge in [-0.1, -0.05) is 13.0 Å². The molecular formula is C7H17NO4S. The second kappa shape index (κ2) is 8.18. The van der Waals surface area contributed by atoms with E-state index in [1.807, 2.05) is 6.08 Å². The van der Waals surface area contributed by atoms with Gasteiger partial charge in [0.2, 0.25) is 0 Å². The highest BCUT2D eigenvalue weighted by atomic mass is 32.3. The van der Waals surface area contributed by atoms with Crippen molar-refractivity contribution < 1.29 is 17.2 Å². The zero-order valence-corrected chi connectivity index (χ0v) is 9.04. The fraction of sp³-hybridized carbons (Fsp3) is 0.714. The van der Waals surface area contributed by atoms with E-state index in [0.717, 1.165) is 20.2 Å². The third-order valence-electron chi connectivity index (χ3n) is 1.19. The van der Waals surface area contributed by atoms with Gasteiger partial charge >= 0.3 is 10.4 Å². The Kier molecular flexibility index (Phi) is 9.48. The Bertz CT molecular complexity index is 213. The van der Waals surface area contributed by atoms with Crippen LogP contribution in [0, 0.1) is 0 Å². The monoisotopic (exact) mass is 211 g/mol. The van der Waals surface area contributed by atoms with Crippen LogP contribution in [0.15, 0.2) is 12.7 Å². The summed E-state index contributed by atoms with van der Waals surface area (Å²) in [6.45, 7) is 7.84. The van der Waals surface area contributed by atoms with Crippen LogP contribution < -0.4 is 0 Å². The van der Waals surface area contributed by atoms with Crippen molar-refractivity contribution in [3.05, 3.63) is 12.7 Å². The van der Waals surface area contributed by atoms with Crippen molar-refractivity contribution in [1.29, 1.82) is 0 Å². The molecule has 0 rings (SSSR count). The lowest BCUT2D eigenvalue weighted by atomic mass is 10.5. The smallest absolute Gasteiger partial charge is 0.303 e. The van der Waals surface area contributed by atoms with E-state index in [4.69, 9.17) is 4.55 Å². The van der Waals surface area contributed by atoms with Crippen LogP contribution in [0.2, 0.25) is 0 Å². The zero-order valence-electron chi connectivity index (χ0n) is 8.23. The van der Waals surface area contributed by atoms with Gasteiger partial charge < -0.3 is 4.90 Å². The number of hydrogen-bond donors (Lipinski definition) is 1. The van der Waals surface area contributed by atoms with E-state index in [-0.39, 0.29) is 0 Å². The minimum absolute atomic E-state index is 0.870. The Morgan fingerprint density at radius 2 is 2.00 bits per heavy atom. The summed E-state index contributed by atoms with van der Waals surface area (Å²) in [5, 5.41) is 0. The average molecular weight is 211 g/mol. The van der Waals surface area contributed by atoms with Gasteiger partial charge in [-0.15, -0.1) is 6.58 Å². The number of nitrogens with zero attached hydrogens (tertiary/aromatic N) is 1. The van der Waals surface area contributed by atoms with E-state index in [2.05, 4.69) is 29.6 Å². The highest BCUT2D eigenvalue weighted by Gasteiger charge is 1.94. The molecule has 0 aliphatic carbocycles. The summed E-state index contributed by atoms with van der Waals surface area (Å²) in [6, 6.07) is 0. The molecule has 0 saturated heterocycles. The fourth-order valence-corrected chi connectivity index (χ4v) is 0.349. The predicted molar refractivity (Wildman–Crippen MR) is 51.9 cm³/mol. The van der Waals surface area contributed by atoms with Gasteiger partial charge in [-0.25, -0.2) is 0 Å². The highest BCUT2D eigenvalue weighted by Crippen LogP contribution is 1.77. The van der Waals surface area contributed by atoms with Gasteiger partial charge in [0, 0.05) is 6.54 Å². The van der Waals surface area contributed by atoms with Crippen molar-refractivity contribution in [2.45, 2.75) is 6.92 Å². The molecule has 6 heteroatoms. The minimum Gasteiger partial charge on any atom is -0.303 e. The van der Waals surface area contributed by atoms with Crippen LogP contribution in [-0.4, -0.2) is 45.1 Å². The lowest BCUT2D eigenvalue weighted by molar-refractivity contribution is 0.324. The maximum atomic E-state index is 9.33. The molecular weight excluding hydrogens is 194 g/mol. The van der Waals surface area contributed by atoms with Crippen molar-refractivity contribution in [1.82, 2.24) is 4.90 Å². The molecule has 0 unspecified atom stereocenters. The normalized spacial score (nSPS) is 10.5. The topological polar surface area (TPSA) is 66.8 Å². The van der Waals surface area contributed by atoms with E-state index in [1.54, 1.807) is 0 Å². The molecule has 0 aliphatic rings. The molecule has 5 nitrogen and oxygen atoms in total. The first kappa shape index (κ1) is 15.1. The van der Waals surface area contributed by atoms with Gasteiger partial charge in [0.05, 0.1) is 7.11 Å². The summed E-state index contributed by atoms with van der Waals surface area (Å²) in [7, 11) is -1.22. The molecule has 0 radical (unpaired) electrons. The van der Waals surface area contributed by atoms with Gasteiger partial charge in [-0.05, 0) is 13.6 Å². The van der Waals surface area contributed by atoms with E-state index >= 15 is 0 Å². The van der Waals surface area contributed by atoms with Gasteiger partial charge in [-0.3, -0.25) is 8.74 Å². The summed E-state index contributed by atoms with van der Waals surface area (Å²) >= 11 is 0. The molecule has 0 amide bonds. The molecule has 13 heavy (non-hydrogen) atoms. The summed E-state index contributed by atoms with van der Waals surface area (Å²) in [5.41, 5.74) is 0. The Balaban J connectivity index is 0. The molecule has 80 valence electrons. The molecule has 0 spiro atoms. The van der Waals surface area contributed by atoms with Crippen molar-refractivity contribution in [2.75, 3.05) is 27.2 Å². The van der Waals surface area contributed by atoms with Crippen LogP contribution in [0.3, 0.4) is 0 Å². The lowest BCUT2D eigenvalue weighted by Gasteiger charge is -2.08.